The maximum atomic E-state index is 13.7. The van der Waals surface area contributed by atoms with E-state index in [1.165, 1.54) is 6.07 Å². The smallest absolute Gasteiger partial charge is 0.172 e. The fourth-order valence-electron chi connectivity index (χ4n) is 1.32. The average molecular weight is 271 g/mol. The number of aromatic nitrogens is 1. The number of aryl methyl sites for hydroxylation is 1. The molecule has 0 saturated carbocycles. The van der Waals surface area contributed by atoms with Crippen LogP contribution in [0.3, 0.4) is 0 Å². The molecule has 0 atom stereocenters. The number of nitrogens with two attached hydrogens (primary N) is 1. The molecular formula is C10H8BrFN2O. The van der Waals surface area contributed by atoms with Crippen LogP contribution in [-0.4, -0.2) is 5.16 Å². The highest BCUT2D eigenvalue weighted by Gasteiger charge is 2.13. The molecule has 0 amide bonds. The van der Waals surface area contributed by atoms with Gasteiger partial charge < -0.3 is 10.3 Å². The zero-order valence-electron chi connectivity index (χ0n) is 7.92. The van der Waals surface area contributed by atoms with Crippen LogP contribution in [0.15, 0.2) is 27.2 Å². The van der Waals surface area contributed by atoms with E-state index < -0.39 is 0 Å². The van der Waals surface area contributed by atoms with Crippen molar-refractivity contribution in [3.63, 3.8) is 0 Å². The summed E-state index contributed by atoms with van der Waals surface area (Å²) in [7, 11) is 0. The Kier molecular flexibility index (Phi) is 2.48. The molecule has 0 aliphatic carbocycles. The molecule has 0 unspecified atom stereocenters. The van der Waals surface area contributed by atoms with Crippen molar-refractivity contribution in [1.82, 2.24) is 5.16 Å². The van der Waals surface area contributed by atoms with Gasteiger partial charge in [0, 0.05) is 10.5 Å². The molecule has 78 valence electrons. The molecule has 1 heterocycles. The fraction of sp³-hybridized carbons (Fsp3) is 0.100. The van der Waals surface area contributed by atoms with Crippen LogP contribution >= 0.6 is 15.9 Å². The van der Waals surface area contributed by atoms with E-state index in [4.69, 9.17) is 10.3 Å². The van der Waals surface area contributed by atoms with Crippen molar-refractivity contribution < 1.29 is 8.91 Å². The van der Waals surface area contributed by atoms with Gasteiger partial charge in [-0.25, -0.2) is 4.39 Å². The lowest BCUT2D eigenvalue weighted by atomic mass is 10.1. The largest absolute Gasteiger partial charge is 0.381 e. The Morgan fingerprint density at radius 1 is 1.40 bits per heavy atom. The summed E-state index contributed by atoms with van der Waals surface area (Å²) in [4.78, 5) is 0. The van der Waals surface area contributed by atoms with Crippen LogP contribution in [0.1, 0.15) is 5.56 Å². The highest BCUT2D eigenvalue weighted by molar-refractivity contribution is 9.10. The summed E-state index contributed by atoms with van der Waals surface area (Å²) >= 11 is 3.29. The molecule has 5 heteroatoms. The summed E-state index contributed by atoms with van der Waals surface area (Å²) in [6, 6.07) is 4.81. The van der Waals surface area contributed by atoms with E-state index in [2.05, 4.69) is 21.1 Å². The molecule has 0 radical (unpaired) electrons. The summed E-state index contributed by atoms with van der Waals surface area (Å²) in [6.45, 7) is 1.68. The van der Waals surface area contributed by atoms with Gasteiger partial charge in [-0.2, -0.15) is 0 Å². The molecule has 0 spiro atoms. The van der Waals surface area contributed by atoms with E-state index in [1.54, 1.807) is 19.1 Å². The van der Waals surface area contributed by atoms with Gasteiger partial charge in [-0.05, 0) is 24.6 Å². The van der Waals surface area contributed by atoms with Gasteiger partial charge in [0.2, 0.25) is 0 Å². The predicted octanol–water partition coefficient (Wildman–Crippen LogP) is 3.13. The monoisotopic (exact) mass is 270 g/mol. The van der Waals surface area contributed by atoms with Gasteiger partial charge >= 0.3 is 0 Å². The summed E-state index contributed by atoms with van der Waals surface area (Å²) in [5, 5.41) is 3.51. The lowest BCUT2D eigenvalue weighted by Gasteiger charge is -2.02. The number of rotatable bonds is 1. The zero-order chi connectivity index (χ0) is 11.0. The van der Waals surface area contributed by atoms with Crippen molar-refractivity contribution in [3.05, 3.63) is 34.1 Å². The van der Waals surface area contributed by atoms with E-state index >= 15 is 0 Å². The third kappa shape index (κ3) is 1.87. The van der Waals surface area contributed by atoms with Crippen molar-refractivity contribution >= 4 is 21.7 Å². The SMILES string of the molecule is Cc1cc(Br)cc(-c2cc(N)no2)c1F. The lowest BCUT2D eigenvalue weighted by Crippen LogP contribution is -1.88. The summed E-state index contributed by atoms with van der Waals surface area (Å²) in [5.74, 6) is 0.241. The van der Waals surface area contributed by atoms with Gasteiger partial charge in [0.05, 0.1) is 5.56 Å². The van der Waals surface area contributed by atoms with E-state index in [1.807, 2.05) is 0 Å². The van der Waals surface area contributed by atoms with Crippen molar-refractivity contribution in [2.45, 2.75) is 6.92 Å². The van der Waals surface area contributed by atoms with Crippen molar-refractivity contribution in [1.29, 1.82) is 0 Å². The molecule has 3 nitrogen and oxygen atoms in total. The average Bonchev–Trinajstić information content (AvgIpc) is 2.58. The molecule has 0 saturated heterocycles. The Hall–Kier alpha value is -1.36. The molecule has 0 fully saturated rings. The Bertz CT molecular complexity index is 510. The van der Waals surface area contributed by atoms with E-state index in [9.17, 15) is 4.39 Å². The van der Waals surface area contributed by atoms with Gasteiger partial charge in [-0.15, -0.1) is 0 Å². The molecule has 1 aromatic heterocycles. The van der Waals surface area contributed by atoms with Crippen LogP contribution in [-0.2, 0) is 0 Å². The van der Waals surface area contributed by atoms with E-state index in [-0.39, 0.29) is 11.6 Å². The first-order chi connectivity index (χ1) is 7.08. The van der Waals surface area contributed by atoms with Crippen molar-refractivity contribution in [3.8, 4) is 11.3 Å². The molecular weight excluding hydrogens is 263 g/mol. The van der Waals surface area contributed by atoms with Crippen LogP contribution in [0.2, 0.25) is 0 Å². The van der Waals surface area contributed by atoms with Crippen LogP contribution in [0.5, 0.6) is 0 Å². The molecule has 1 aromatic carbocycles. The maximum Gasteiger partial charge on any atom is 0.172 e. The Morgan fingerprint density at radius 2 is 2.13 bits per heavy atom. The van der Waals surface area contributed by atoms with Gasteiger partial charge in [0.1, 0.15) is 5.82 Å². The van der Waals surface area contributed by atoms with Crippen LogP contribution in [0, 0.1) is 12.7 Å². The molecule has 2 aromatic rings. The molecule has 2 N–H and O–H groups in total. The maximum absolute atomic E-state index is 13.7. The Balaban J connectivity index is 2.62. The Labute approximate surface area is 94.2 Å². The highest BCUT2D eigenvalue weighted by Crippen LogP contribution is 2.29. The Morgan fingerprint density at radius 3 is 2.73 bits per heavy atom. The minimum atomic E-state index is -0.325. The number of hydrogen-bond donors (Lipinski definition) is 1. The molecule has 0 aliphatic heterocycles. The predicted molar refractivity (Wildman–Crippen MR) is 58.7 cm³/mol. The molecule has 15 heavy (non-hydrogen) atoms. The first kappa shape index (κ1) is 10.2. The van der Waals surface area contributed by atoms with Gasteiger partial charge in [-0.1, -0.05) is 21.1 Å². The van der Waals surface area contributed by atoms with Crippen molar-refractivity contribution in [2.75, 3.05) is 5.73 Å². The van der Waals surface area contributed by atoms with Gasteiger partial charge in [0.25, 0.3) is 0 Å². The van der Waals surface area contributed by atoms with Crippen molar-refractivity contribution in [2.24, 2.45) is 0 Å². The summed E-state index contributed by atoms with van der Waals surface area (Å²) in [6.07, 6.45) is 0. The standard InChI is InChI=1S/C10H8BrFN2O/c1-5-2-6(11)3-7(10(5)12)8-4-9(13)14-15-8/h2-4H,1H3,(H2,13,14). The van der Waals surface area contributed by atoms with Gasteiger partial charge in [0.15, 0.2) is 11.6 Å². The topological polar surface area (TPSA) is 52.0 Å². The molecule has 0 aliphatic rings. The van der Waals surface area contributed by atoms with E-state index in [0.29, 0.717) is 16.9 Å². The molecule has 0 bridgehead atoms. The third-order valence-corrected chi connectivity index (χ3v) is 2.47. The van der Waals surface area contributed by atoms with Crippen LogP contribution in [0.25, 0.3) is 11.3 Å². The minimum Gasteiger partial charge on any atom is -0.381 e. The zero-order valence-corrected chi connectivity index (χ0v) is 9.51. The van der Waals surface area contributed by atoms with Crippen LogP contribution < -0.4 is 5.73 Å². The number of nitrogen functional groups attached to an aromatic ring is 1. The number of nitrogens with zero attached hydrogens (tertiary/aromatic N) is 1. The van der Waals surface area contributed by atoms with Crippen LogP contribution in [0.4, 0.5) is 10.2 Å². The number of hydrogen-bond acceptors (Lipinski definition) is 3. The third-order valence-electron chi connectivity index (χ3n) is 2.01. The summed E-state index contributed by atoms with van der Waals surface area (Å²) < 4.78 is 19.4. The number of anilines is 1. The first-order valence-electron chi connectivity index (χ1n) is 4.26. The number of benzene rings is 1. The fourth-order valence-corrected chi connectivity index (χ4v) is 1.89. The second kappa shape index (κ2) is 3.66. The quantitative estimate of drug-likeness (QED) is 0.866. The van der Waals surface area contributed by atoms with E-state index in [0.717, 1.165) is 4.47 Å². The highest BCUT2D eigenvalue weighted by atomic mass is 79.9. The summed E-state index contributed by atoms with van der Waals surface area (Å²) in [5.41, 5.74) is 6.29. The van der Waals surface area contributed by atoms with Gasteiger partial charge in [-0.3, -0.25) is 0 Å². The second-order valence-electron chi connectivity index (χ2n) is 3.20. The first-order valence-corrected chi connectivity index (χ1v) is 5.05. The number of halogens is 2. The normalized spacial score (nSPS) is 10.6. The minimum absolute atomic E-state index is 0.238. The lowest BCUT2D eigenvalue weighted by molar-refractivity contribution is 0.433. The second-order valence-corrected chi connectivity index (χ2v) is 4.12. The molecule has 2 rings (SSSR count).